The first kappa shape index (κ1) is 18.4. The predicted molar refractivity (Wildman–Crippen MR) is 90.4 cm³/mol. The average molecular weight is 333 g/mol. The predicted octanol–water partition coefficient (Wildman–Crippen LogP) is 2.12. The first-order valence-electron chi connectivity index (χ1n) is 7.26. The lowest BCUT2D eigenvalue weighted by Gasteiger charge is -2.31. The van der Waals surface area contributed by atoms with Gasteiger partial charge in [0.15, 0.2) is 5.13 Å². The molecule has 1 aromatic heterocycles. The van der Waals surface area contributed by atoms with E-state index in [9.17, 15) is 4.79 Å². The van der Waals surface area contributed by atoms with Crippen LogP contribution in [0.25, 0.3) is 0 Å². The smallest absolute Gasteiger partial charge is 0.225 e. The summed E-state index contributed by atoms with van der Waals surface area (Å²) in [4.78, 5) is 20.3. The lowest BCUT2D eigenvalue weighted by Crippen LogP contribution is -2.43. The number of aromatic nitrogens is 1. The van der Waals surface area contributed by atoms with Crippen molar-refractivity contribution < 1.29 is 4.79 Å². The fraction of sp³-hybridized carbons (Fsp3) is 0.714. The Morgan fingerprint density at radius 2 is 2.38 bits per heavy atom. The standard InChI is InChI=1S/C14H24N4OS.ClH/c1-4-18(11(2)19)14-16-13(10-20-14)9-17-7-5-6-12(8-17)15-3;/h10,12,15H,4-9H2,1-3H3;1H. The van der Waals surface area contributed by atoms with E-state index in [-0.39, 0.29) is 18.3 Å². The number of nitrogens with one attached hydrogen (secondary N) is 1. The van der Waals surface area contributed by atoms with Gasteiger partial charge in [-0.15, -0.1) is 23.7 Å². The number of thiazole rings is 1. The summed E-state index contributed by atoms with van der Waals surface area (Å²) in [6.07, 6.45) is 2.49. The minimum atomic E-state index is 0. The average Bonchev–Trinajstić information content (AvgIpc) is 2.87. The van der Waals surface area contributed by atoms with Gasteiger partial charge in [-0.2, -0.15) is 0 Å². The number of halogens is 1. The Hall–Kier alpha value is -0.690. The van der Waals surface area contributed by atoms with Crippen molar-refractivity contribution in [2.45, 2.75) is 39.3 Å². The molecule has 1 aliphatic heterocycles. The zero-order valence-electron chi connectivity index (χ0n) is 13.0. The third-order valence-corrected chi connectivity index (χ3v) is 4.68. The fourth-order valence-electron chi connectivity index (χ4n) is 2.65. The Kier molecular flexibility index (Phi) is 7.59. The maximum Gasteiger partial charge on any atom is 0.225 e. The molecule has 0 spiro atoms. The van der Waals surface area contributed by atoms with E-state index < -0.39 is 0 Å². The quantitative estimate of drug-likeness (QED) is 0.897. The molecule has 1 fully saturated rings. The van der Waals surface area contributed by atoms with E-state index in [1.54, 1.807) is 23.2 Å². The van der Waals surface area contributed by atoms with Crippen LogP contribution in [0.4, 0.5) is 5.13 Å². The summed E-state index contributed by atoms with van der Waals surface area (Å²) >= 11 is 1.56. The van der Waals surface area contributed by atoms with Gasteiger partial charge in [0.05, 0.1) is 5.69 Å². The highest BCUT2D eigenvalue weighted by molar-refractivity contribution is 7.14. The molecule has 1 aliphatic rings. The van der Waals surface area contributed by atoms with Crippen LogP contribution in [0.1, 0.15) is 32.4 Å². The van der Waals surface area contributed by atoms with E-state index in [0.29, 0.717) is 12.6 Å². The Bertz CT molecular complexity index is 454. The molecule has 7 heteroatoms. The monoisotopic (exact) mass is 332 g/mol. The molecule has 1 atom stereocenters. The second-order valence-electron chi connectivity index (χ2n) is 5.25. The zero-order valence-corrected chi connectivity index (χ0v) is 14.6. The molecule has 0 radical (unpaired) electrons. The number of carbonyl (C=O) groups is 1. The van der Waals surface area contributed by atoms with Crippen molar-refractivity contribution in [2.24, 2.45) is 0 Å². The number of likely N-dealkylation sites (N-methyl/N-ethyl adjacent to an activating group) is 1. The van der Waals surface area contributed by atoms with Crippen molar-refractivity contribution in [1.29, 1.82) is 0 Å². The minimum absolute atomic E-state index is 0. The lowest BCUT2D eigenvalue weighted by molar-refractivity contribution is -0.116. The fourth-order valence-corrected chi connectivity index (χ4v) is 3.57. The van der Waals surface area contributed by atoms with Gasteiger partial charge in [-0.25, -0.2) is 4.98 Å². The van der Waals surface area contributed by atoms with Gasteiger partial charge in [-0.05, 0) is 33.4 Å². The lowest BCUT2D eigenvalue weighted by atomic mass is 10.1. The number of carbonyl (C=O) groups excluding carboxylic acids is 1. The van der Waals surface area contributed by atoms with Crippen molar-refractivity contribution >= 4 is 34.8 Å². The summed E-state index contributed by atoms with van der Waals surface area (Å²) in [5.41, 5.74) is 1.07. The summed E-state index contributed by atoms with van der Waals surface area (Å²) in [6, 6.07) is 0.589. The molecule has 2 rings (SSSR count). The third-order valence-electron chi connectivity index (χ3n) is 3.77. The molecule has 0 aliphatic carbocycles. The van der Waals surface area contributed by atoms with Crippen molar-refractivity contribution in [2.75, 3.05) is 31.6 Å². The number of rotatable bonds is 5. The highest BCUT2D eigenvalue weighted by Gasteiger charge is 2.20. The number of hydrogen-bond acceptors (Lipinski definition) is 5. The van der Waals surface area contributed by atoms with Gasteiger partial charge in [-0.3, -0.25) is 14.6 Å². The molecule has 1 N–H and O–H groups in total. The van der Waals surface area contributed by atoms with Gasteiger partial charge in [0.2, 0.25) is 5.91 Å². The first-order valence-corrected chi connectivity index (χ1v) is 8.14. The third kappa shape index (κ3) is 4.92. The van der Waals surface area contributed by atoms with E-state index in [1.165, 1.54) is 12.8 Å². The summed E-state index contributed by atoms with van der Waals surface area (Å²) in [6.45, 7) is 7.33. The van der Waals surface area contributed by atoms with E-state index >= 15 is 0 Å². The van der Waals surface area contributed by atoms with Gasteiger partial charge in [-0.1, -0.05) is 0 Å². The molecular formula is C14H25ClN4OS. The topological polar surface area (TPSA) is 48.5 Å². The van der Waals surface area contributed by atoms with Gasteiger partial charge in [0.1, 0.15) is 0 Å². The number of nitrogens with zero attached hydrogens (tertiary/aromatic N) is 3. The highest BCUT2D eigenvalue weighted by atomic mass is 35.5. The van der Waals surface area contributed by atoms with Crippen molar-refractivity contribution in [3.63, 3.8) is 0 Å². The molecule has 1 unspecified atom stereocenters. The summed E-state index contributed by atoms with van der Waals surface area (Å²) in [5, 5.41) is 6.24. The van der Waals surface area contributed by atoms with Crippen LogP contribution < -0.4 is 10.2 Å². The molecule has 0 aromatic carbocycles. The normalized spacial score (nSPS) is 19.1. The molecule has 21 heavy (non-hydrogen) atoms. The summed E-state index contributed by atoms with van der Waals surface area (Å²) < 4.78 is 0. The van der Waals surface area contributed by atoms with Gasteiger partial charge >= 0.3 is 0 Å². The summed E-state index contributed by atoms with van der Waals surface area (Å²) in [7, 11) is 2.03. The minimum Gasteiger partial charge on any atom is -0.316 e. The zero-order chi connectivity index (χ0) is 14.5. The highest BCUT2D eigenvalue weighted by Crippen LogP contribution is 2.22. The van der Waals surface area contributed by atoms with Crippen molar-refractivity contribution in [3.05, 3.63) is 11.1 Å². The Labute approximate surface area is 137 Å². The molecule has 0 bridgehead atoms. The Morgan fingerprint density at radius 1 is 1.62 bits per heavy atom. The first-order chi connectivity index (χ1) is 9.63. The van der Waals surface area contributed by atoms with Gasteiger partial charge in [0.25, 0.3) is 0 Å². The van der Waals surface area contributed by atoms with Crippen LogP contribution in [-0.2, 0) is 11.3 Å². The van der Waals surface area contributed by atoms with Crippen LogP contribution in [0.15, 0.2) is 5.38 Å². The SMILES string of the molecule is CCN(C(C)=O)c1nc(CN2CCCC(NC)C2)cs1.Cl. The Balaban J connectivity index is 0.00000220. The second kappa shape index (κ2) is 8.68. The van der Waals surface area contributed by atoms with E-state index in [0.717, 1.165) is 30.5 Å². The largest absolute Gasteiger partial charge is 0.316 e. The molecule has 1 aromatic rings. The maximum absolute atomic E-state index is 11.5. The van der Waals surface area contributed by atoms with Crippen LogP contribution >= 0.6 is 23.7 Å². The molecule has 0 saturated carbocycles. The maximum atomic E-state index is 11.5. The number of anilines is 1. The van der Waals surface area contributed by atoms with Crippen LogP contribution in [0.5, 0.6) is 0 Å². The second-order valence-corrected chi connectivity index (χ2v) is 6.08. The van der Waals surface area contributed by atoms with Crippen LogP contribution in [0, 0.1) is 0 Å². The van der Waals surface area contributed by atoms with E-state index in [2.05, 4.69) is 20.6 Å². The molecule has 2 heterocycles. The number of hydrogen-bond donors (Lipinski definition) is 1. The molecular weight excluding hydrogens is 308 g/mol. The molecule has 120 valence electrons. The van der Waals surface area contributed by atoms with E-state index in [4.69, 9.17) is 0 Å². The summed E-state index contributed by atoms with van der Waals surface area (Å²) in [5.74, 6) is 0.0571. The van der Waals surface area contributed by atoms with Crippen LogP contribution in [0.3, 0.4) is 0 Å². The van der Waals surface area contributed by atoms with Crippen molar-refractivity contribution in [3.8, 4) is 0 Å². The van der Waals surface area contributed by atoms with Gasteiger partial charge < -0.3 is 5.32 Å². The van der Waals surface area contributed by atoms with Crippen molar-refractivity contribution in [1.82, 2.24) is 15.2 Å². The van der Waals surface area contributed by atoms with E-state index in [1.807, 2.05) is 14.0 Å². The number of likely N-dealkylation sites (tertiary alicyclic amines) is 1. The van der Waals surface area contributed by atoms with Gasteiger partial charge in [0, 0.05) is 38.0 Å². The van der Waals surface area contributed by atoms with Crippen LogP contribution in [-0.4, -0.2) is 48.5 Å². The molecule has 1 amide bonds. The number of piperidine rings is 1. The number of amides is 1. The molecule has 1 saturated heterocycles. The van der Waals surface area contributed by atoms with Crippen LogP contribution in [0.2, 0.25) is 0 Å². The molecule has 5 nitrogen and oxygen atoms in total. The Morgan fingerprint density at radius 3 is 3.00 bits per heavy atom.